The highest BCUT2D eigenvalue weighted by atomic mass is 16.6. The van der Waals surface area contributed by atoms with Crippen LogP contribution in [0.5, 0.6) is 5.75 Å². The quantitative estimate of drug-likeness (QED) is 0.211. The lowest BCUT2D eigenvalue weighted by Crippen LogP contribution is -2.63. The highest BCUT2D eigenvalue weighted by Crippen LogP contribution is 2.27. The SMILES string of the molecule is CC[C@H](C)[C@H]1C(=O)NCC(=O)N(C)[C@@H](C(C)C)C(=O)N[C@@H](Cc2ccc(OC)cc2)C(=O)O[C@H](C)C(=O)N2CCCC[C@H]2C(=O)N(C)[C@@H](C(C)C)C(=O)N[C@@H](C(C)C)C(=O)N(C)[C@@H](CC(=O)OCCC(C)C)C(=O)N(C)[C@@H]([C@@H](C)CC)C(=O)N1C. The van der Waals surface area contributed by atoms with Crippen molar-refractivity contribution in [2.75, 3.05) is 62.0 Å². The molecule has 0 aromatic heterocycles. The summed E-state index contributed by atoms with van der Waals surface area (Å²) in [7, 11) is 8.49. The van der Waals surface area contributed by atoms with Crippen LogP contribution in [0.1, 0.15) is 141 Å². The first-order valence-corrected chi connectivity index (χ1v) is 30.3. The summed E-state index contributed by atoms with van der Waals surface area (Å²) in [6, 6.07) is -3.50. The van der Waals surface area contributed by atoms with E-state index in [4.69, 9.17) is 14.2 Å². The van der Waals surface area contributed by atoms with E-state index in [0.29, 0.717) is 43.4 Å². The highest BCUT2D eigenvalue weighted by molar-refractivity contribution is 5.99. The molecule has 0 unspecified atom stereocenters. The highest BCUT2D eigenvalue weighted by Gasteiger charge is 2.46. The number of likely N-dealkylation sites (N-methyl/N-ethyl adjacent to an activating group) is 5. The third-order valence-corrected chi connectivity index (χ3v) is 16.8. The Morgan fingerprint density at radius 2 is 1.16 bits per heavy atom. The number of ether oxygens (including phenoxy) is 3. The van der Waals surface area contributed by atoms with Gasteiger partial charge >= 0.3 is 11.9 Å². The van der Waals surface area contributed by atoms with Crippen LogP contribution in [0.4, 0.5) is 0 Å². The molecule has 3 N–H and O–H groups in total. The third-order valence-electron chi connectivity index (χ3n) is 16.8. The minimum atomic E-state index is -1.57. The number of piperidine rings is 1. The summed E-state index contributed by atoms with van der Waals surface area (Å²) in [5, 5.41) is 8.31. The number of benzene rings is 1. The van der Waals surface area contributed by atoms with Gasteiger partial charge in [0, 0.05) is 48.2 Å². The molecule has 23 heteroatoms. The van der Waals surface area contributed by atoms with E-state index in [1.54, 1.807) is 79.7 Å². The molecule has 0 saturated carbocycles. The van der Waals surface area contributed by atoms with Crippen molar-refractivity contribution in [3.05, 3.63) is 29.8 Å². The van der Waals surface area contributed by atoms with Gasteiger partial charge in [-0.1, -0.05) is 108 Å². The summed E-state index contributed by atoms with van der Waals surface area (Å²) in [6.45, 7) is 22.2. The van der Waals surface area contributed by atoms with Crippen LogP contribution in [-0.4, -0.2) is 211 Å². The summed E-state index contributed by atoms with van der Waals surface area (Å²) in [5.41, 5.74) is 0.587. The van der Waals surface area contributed by atoms with Crippen molar-refractivity contribution in [2.45, 2.75) is 196 Å². The molecular weight excluding hydrogens is 1090 g/mol. The molecule has 11 atom stereocenters. The van der Waals surface area contributed by atoms with Gasteiger partial charge in [-0.3, -0.25) is 47.9 Å². The Labute approximate surface area is 504 Å². The summed E-state index contributed by atoms with van der Waals surface area (Å²) in [4.78, 5) is 168. The van der Waals surface area contributed by atoms with Crippen molar-refractivity contribution >= 4 is 65.1 Å². The molecule has 3 rings (SSSR count). The molecule has 2 saturated heterocycles. The summed E-state index contributed by atoms with van der Waals surface area (Å²) in [5.74, 6) is -10.1. The summed E-state index contributed by atoms with van der Waals surface area (Å²) in [6.07, 6.45) is 0.372. The van der Waals surface area contributed by atoms with Gasteiger partial charge < -0.3 is 59.6 Å². The average molecular weight is 1200 g/mol. The van der Waals surface area contributed by atoms with Gasteiger partial charge in [0.05, 0.1) is 26.7 Å². The molecule has 1 aromatic rings. The second-order valence-corrected chi connectivity index (χ2v) is 24.6. The minimum absolute atomic E-state index is 0.0392. The number of carbonyl (C=O) groups is 11. The first-order valence-electron chi connectivity index (χ1n) is 30.3. The molecule has 23 nitrogen and oxygen atoms in total. The Balaban J connectivity index is 2.30. The van der Waals surface area contributed by atoms with E-state index >= 15 is 14.4 Å². The van der Waals surface area contributed by atoms with E-state index in [0.717, 1.165) is 9.80 Å². The molecule has 0 bridgehead atoms. The minimum Gasteiger partial charge on any atom is -0.497 e. The fourth-order valence-electron chi connectivity index (χ4n) is 11.1. The molecular formula is C62H101N9O14. The number of methoxy groups -OCH3 is 1. The topological polar surface area (TPSA) is 271 Å². The Hall–Kier alpha value is -6.81. The predicted octanol–water partition coefficient (Wildman–Crippen LogP) is 3.82. The lowest BCUT2D eigenvalue weighted by Gasteiger charge is -2.41. The van der Waals surface area contributed by atoms with Crippen LogP contribution in [0, 0.1) is 35.5 Å². The predicted molar refractivity (Wildman–Crippen MR) is 320 cm³/mol. The number of rotatable bonds is 15. The zero-order valence-corrected chi connectivity index (χ0v) is 54.1. The van der Waals surface area contributed by atoms with E-state index in [1.807, 2.05) is 27.7 Å². The maximum absolute atomic E-state index is 15.2. The average Bonchev–Trinajstić information content (AvgIpc) is 2.56. The van der Waals surface area contributed by atoms with E-state index in [1.165, 1.54) is 68.9 Å². The van der Waals surface area contributed by atoms with Gasteiger partial charge in [0.2, 0.25) is 47.3 Å². The number of nitrogens with zero attached hydrogens (tertiary/aromatic N) is 6. The fraction of sp³-hybridized carbons (Fsp3) is 0.726. The Kier molecular flexibility index (Phi) is 28.3. The maximum Gasteiger partial charge on any atom is 0.329 e. The van der Waals surface area contributed by atoms with Crippen molar-refractivity contribution in [3.63, 3.8) is 0 Å². The zero-order chi connectivity index (χ0) is 64.5. The van der Waals surface area contributed by atoms with Gasteiger partial charge in [-0.05, 0) is 85.8 Å². The van der Waals surface area contributed by atoms with Gasteiger partial charge in [-0.15, -0.1) is 0 Å². The fourth-order valence-corrected chi connectivity index (χ4v) is 11.1. The lowest BCUT2D eigenvalue weighted by molar-refractivity contribution is -0.165. The number of esters is 2. The maximum atomic E-state index is 15.2. The second kappa shape index (κ2) is 33.2. The van der Waals surface area contributed by atoms with Crippen molar-refractivity contribution in [1.82, 2.24) is 45.3 Å². The van der Waals surface area contributed by atoms with Gasteiger partial charge in [0.1, 0.15) is 54.1 Å². The van der Waals surface area contributed by atoms with Crippen LogP contribution in [0.3, 0.4) is 0 Å². The molecule has 85 heavy (non-hydrogen) atoms. The largest absolute Gasteiger partial charge is 0.497 e. The van der Waals surface area contributed by atoms with Crippen LogP contribution in [-0.2, 0) is 68.6 Å². The van der Waals surface area contributed by atoms with E-state index in [-0.39, 0.29) is 31.9 Å². The normalized spacial score (nSPS) is 25.9. The molecule has 1 aromatic carbocycles. The van der Waals surface area contributed by atoms with E-state index in [2.05, 4.69) is 16.0 Å². The molecule has 0 aliphatic carbocycles. The molecule has 2 fully saturated rings. The third kappa shape index (κ3) is 19.1. The monoisotopic (exact) mass is 1200 g/mol. The second-order valence-electron chi connectivity index (χ2n) is 24.6. The standard InChI is InChI=1S/C62H101N9O14/c1-20-39(11)52-54(74)63-34-47(72)67(15)50(37(7)8)55(75)64-44(32-42-25-27-43(83-19)28-26-42)62(82)85-41(13)57(77)71-30-23-22-24-45(71)58(78)68(16)51(38(9)10)56(76)65-49(36(5)6)60(80)66(14)46(33-48(73)84-31-29-35(3)4)59(79)70(18)53(40(12)21-2)61(81)69(52)17/h25-28,35-41,44-46,49-53H,20-24,29-34H2,1-19H3,(H,63,74)(H,64,75)(H,65,76)/t39-,40-,41+,44-,45-,46-,49-,50-,51-,52-,53-/m0/s1. The van der Waals surface area contributed by atoms with Crippen molar-refractivity contribution in [2.24, 2.45) is 35.5 Å². The van der Waals surface area contributed by atoms with Crippen LogP contribution in [0.2, 0.25) is 0 Å². The van der Waals surface area contributed by atoms with E-state index < -0.39 is 162 Å². The number of hydrogen-bond acceptors (Lipinski definition) is 14. The van der Waals surface area contributed by atoms with Gasteiger partial charge in [0.15, 0.2) is 6.10 Å². The number of nitrogens with one attached hydrogen (secondary N) is 3. The Bertz CT molecular complexity index is 2490. The van der Waals surface area contributed by atoms with Gasteiger partial charge in [0.25, 0.3) is 5.91 Å². The number of carbonyl (C=O) groups excluding carboxylic acids is 11. The zero-order valence-electron chi connectivity index (χ0n) is 54.1. The van der Waals surface area contributed by atoms with Crippen molar-refractivity contribution in [1.29, 1.82) is 0 Å². The van der Waals surface area contributed by atoms with Gasteiger partial charge in [-0.25, -0.2) is 4.79 Å². The molecule has 0 spiro atoms. The molecule has 2 heterocycles. The number of amides is 9. The lowest BCUT2D eigenvalue weighted by atomic mass is 9.92. The first kappa shape index (κ1) is 72.4. The van der Waals surface area contributed by atoms with Crippen molar-refractivity contribution in [3.8, 4) is 5.75 Å². The number of fused-ring (bicyclic) bond motifs is 1. The smallest absolute Gasteiger partial charge is 0.329 e. The molecule has 9 amide bonds. The van der Waals surface area contributed by atoms with Crippen LogP contribution in [0.15, 0.2) is 24.3 Å². The molecule has 2 aliphatic rings. The van der Waals surface area contributed by atoms with Crippen molar-refractivity contribution < 1.29 is 67.0 Å². The Morgan fingerprint density at radius 3 is 1.71 bits per heavy atom. The van der Waals surface area contributed by atoms with E-state index in [9.17, 15) is 38.4 Å². The first-order chi connectivity index (χ1) is 39.8. The number of cyclic esters (lactones) is 1. The summed E-state index contributed by atoms with van der Waals surface area (Å²) >= 11 is 0. The molecule has 2 aliphatic heterocycles. The van der Waals surface area contributed by atoms with Crippen LogP contribution >= 0.6 is 0 Å². The molecule has 0 radical (unpaired) electrons. The van der Waals surface area contributed by atoms with Gasteiger partial charge in [-0.2, -0.15) is 0 Å². The summed E-state index contributed by atoms with van der Waals surface area (Å²) < 4.78 is 16.8. The Morgan fingerprint density at radius 1 is 0.624 bits per heavy atom. The van der Waals surface area contributed by atoms with Crippen LogP contribution < -0.4 is 20.7 Å². The number of hydrogen-bond donors (Lipinski definition) is 3. The van der Waals surface area contributed by atoms with Crippen LogP contribution in [0.25, 0.3) is 0 Å². The molecule has 478 valence electrons.